The van der Waals surface area contributed by atoms with Crippen LogP contribution in [0.4, 0.5) is 0 Å². The van der Waals surface area contributed by atoms with Crippen molar-refractivity contribution in [2.45, 2.75) is 20.8 Å². The minimum atomic E-state index is -0.407. The fraction of sp³-hybridized carbons (Fsp3) is 0.375. The van der Waals surface area contributed by atoms with Crippen LogP contribution in [0.2, 0.25) is 0 Å². The topological polar surface area (TPSA) is 62.8 Å². The summed E-state index contributed by atoms with van der Waals surface area (Å²) >= 11 is 0. The van der Waals surface area contributed by atoms with Crippen LogP contribution in [0.1, 0.15) is 28.7 Å². The summed E-state index contributed by atoms with van der Waals surface area (Å²) < 4.78 is 0. The number of hydrogen-bond donors (Lipinski definition) is 1. The zero-order chi connectivity index (χ0) is 9.30. The molecule has 0 fully saturated rings. The molecule has 0 aliphatic heterocycles. The normalized spacial score (nSPS) is 9.92. The van der Waals surface area contributed by atoms with E-state index < -0.39 is 5.69 Å². The second-order valence-corrected chi connectivity index (χ2v) is 2.68. The number of aryl methyl sites for hydroxylation is 2. The Labute approximate surface area is 69.7 Å². The molecular formula is C8H10N2O2. The number of nitrogens with one attached hydrogen (secondary N) is 1. The van der Waals surface area contributed by atoms with Gasteiger partial charge in [0.1, 0.15) is 0 Å². The minimum absolute atomic E-state index is 0.0752. The highest BCUT2D eigenvalue weighted by atomic mass is 16.1. The molecule has 0 bridgehead atoms. The van der Waals surface area contributed by atoms with E-state index in [-0.39, 0.29) is 5.78 Å². The summed E-state index contributed by atoms with van der Waals surface area (Å²) in [5, 5.41) is 0. The Morgan fingerprint density at radius 1 is 1.42 bits per heavy atom. The molecule has 0 saturated heterocycles. The van der Waals surface area contributed by atoms with Crippen molar-refractivity contribution in [3.63, 3.8) is 0 Å². The fourth-order valence-electron chi connectivity index (χ4n) is 1.25. The number of nitrogens with zero attached hydrogens (tertiary/aromatic N) is 1. The number of carbonyl (C=O) groups excluding carboxylic acids is 1. The highest BCUT2D eigenvalue weighted by molar-refractivity contribution is 5.95. The Morgan fingerprint density at radius 2 is 2.00 bits per heavy atom. The van der Waals surface area contributed by atoms with Crippen molar-refractivity contribution < 1.29 is 4.79 Å². The maximum atomic E-state index is 11.0. The minimum Gasteiger partial charge on any atom is -0.309 e. The summed E-state index contributed by atoms with van der Waals surface area (Å²) in [6, 6.07) is 0. The van der Waals surface area contributed by atoms with E-state index in [2.05, 4.69) is 9.97 Å². The Balaban J connectivity index is 3.48. The summed E-state index contributed by atoms with van der Waals surface area (Å²) in [4.78, 5) is 27.9. The van der Waals surface area contributed by atoms with Crippen molar-refractivity contribution in [3.8, 4) is 0 Å². The van der Waals surface area contributed by atoms with E-state index in [0.29, 0.717) is 17.0 Å². The molecule has 4 nitrogen and oxygen atoms in total. The first-order chi connectivity index (χ1) is 5.52. The summed E-state index contributed by atoms with van der Waals surface area (Å²) in [6.45, 7) is 4.79. The van der Waals surface area contributed by atoms with Crippen LogP contribution < -0.4 is 5.69 Å². The number of aromatic nitrogens is 2. The molecule has 1 heterocycles. The van der Waals surface area contributed by atoms with Crippen molar-refractivity contribution in [2.75, 3.05) is 0 Å². The molecule has 1 aromatic rings. The number of hydrogen-bond acceptors (Lipinski definition) is 3. The van der Waals surface area contributed by atoms with Gasteiger partial charge in [0.15, 0.2) is 5.78 Å². The van der Waals surface area contributed by atoms with Gasteiger partial charge < -0.3 is 4.98 Å². The monoisotopic (exact) mass is 166 g/mol. The van der Waals surface area contributed by atoms with E-state index in [1.165, 1.54) is 6.92 Å². The van der Waals surface area contributed by atoms with Crippen LogP contribution in [-0.4, -0.2) is 15.8 Å². The first-order valence-electron chi connectivity index (χ1n) is 3.61. The van der Waals surface area contributed by atoms with Gasteiger partial charge in [-0.25, -0.2) is 4.79 Å². The fourth-order valence-corrected chi connectivity index (χ4v) is 1.25. The Hall–Kier alpha value is -1.45. The SMILES string of the molecule is CC(=O)c1c(C)nc(=O)[nH]c1C. The molecule has 0 aromatic carbocycles. The maximum absolute atomic E-state index is 11.0. The van der Waals surface area contributed by atoms with Crippen LogP contribution in [0, 0.1) is 13.8 Å². The van der Waals surface area contributed by atoms with Crippen molar-refractivity contribution in [1.29, 1.82) is 0 Å². The van der Waals surface area contributed by atoms with Crippen LogP contribution in [0.3, 0.4) is 0 Å². The van der Waals surface area contributed by atoms with Gasteiger partial charge in [0.2, 0.25) is 0 Å². The highest BCUT2D eigenvalue weighted by Gasteiger charge is 2.09. The smallest absolute Gasteiger partial charge is 0.309 e. The predicted molar refractivity (Wildman–Crippen MR) is 44.3 cm³/mol. The molecule has 1 N–H and O–H groups in total. The second-order valence-electron chi connectivity index (χ2n) is 2.68. The highest BCUT2D eigenvalue weighted by Crippen LogP contribution is 2.06. The van der Waals surface area contributed by atoms with Crippen molar-refractivity contribution in [2.24, 2.45) is 0 Å². The van der Waals surface area contributed by atoms with E-state index in [9.17, 15) is 9.59 Å². The van der Waals surface area contributed by atoms with Gasteiger partial charge in [-0.1, -0.05) is 0 Å². The number of aromatic amines is 1. The summed E-state index contributed by atoms with van der Waals surface area (Å²) in [6.07, 6.45) is 0. The van der Waals surface area contributed by atoms with Crippen LogP contribution >= 0.6 is 0 Å². The molecule has 64 valence electrons. The maximum Gasteiger partial charge on any atom is 0.345 e. The Bertz CT molecular complexity index is 353. The van der Waals surface area contributed by atoms with Crippen molar-refractivity contribution in [3.05, 3.63) is 27.4 Å². The van der Waals surface area contributed by atoms with Gasteiger partial charge in [-0.2, -0.15) is 4.98 Å². The standard InChI is InChI=1S/C8H10N2O2/c1-4-7(6(3)11)5(2)10-8(12)9-4/h1-3H3,(H,9,10,12). The lowest BCUT2D eigenvalue weighted by Crippen LogP contribution is -2.17. The number of rotatable bonds is 1. The second kappa shape index (κ2) is 2.89. The molecule has 0 amide bonds. The number of carbonyl (C=O) groups is 1. The predicted octanol–water partition coefficient (Wildman–Crippen LogP) is 0.589. The third kappa shape index (κ3) is 1.42. The molecule has 0 spiro atoms. The summed E-state index contributed by atoms with van der Waals surface area (Å²) in [5.41, 5.74) is 1.17. The van der Waals surface area contributed by atoms with E-state index in [1.807, 2.05) is 0 Å². The summed E-state index contributed by atoms with van der Waals surface area (Å²) in [7, 11) is 0. The van der Waals surface area contributed by atoms with Gasteiger partial charge in [-0.15, -0.1) is 0 Å². The van der Waals surface area contributed by atoms with Crippen LogP contribution in [-0.2, 0) is 0 Å². The summed E-state index contributed by atoms with van der Waals surface area (Å²) in [5.74, 6) is -0.0752. The van der Waals surface area contributed by atoms with Gasteiger partial charge in [0.05, 0.1) is 11.3 Å². The average molecular weight is 166 g/mol. The Morgan fingerprint density at radius 3 is 2.42 bits per heavy atom. The Kier molecular flexibility index (Phi) is 2.08. The third-order valence-corrected chi connectivity index (χ3v) is 1.65. The quantitative estimate of drug-likeness (QED) is 0.621. The van der Waals surface area contributed by atoms with Crippen LogP contribution in [0.5, 0.6) is 0 Å². The first kappa shape index (κ1) is 8.64. The lowest BCUT2D eigenvalue weighted by Gasteiger charge is -2.02. The number of ketones is 1. The lowest BCUT2D eigenvalue weighted by molar-refractivity contribution is 0.101. The zero-order valence-electron chi connectivity index (χ0n) is 7.26. The van der Waals surface area contributed by atoms with Gasteiger partial charge in [-0.05, 0) is 20.8 Å². The molecule has 0 aliphatic rings. The number of H-pyrrole nitrogens is 1. The van der Waals surface area contributed by atoms with Crippen LogP contribution in [0.15, 0.2) is 4.79 Å². The molecule has 12 heavy (non-hydrogen) atoms. The third-order valence-electron chi connectivity index (χ3n) is 1.65. The molecule has 0 atom stereocenters. The van der Waals surface area contributed by atoms with Crippen molar-refractivity contribution >= 4 is 5.78 Å². The molecule has 0 unspecified atom stereocenters. The average Bonchev–Trinajstić information content (AvgIpc) is 1.82. The van der Waals surface area contributed by atoms with Crippen molar-refractivity contribution in [1.82, 2.24) is 9.97 Å². The van der Waals surface area contributed by atoms with Gasteiger partial charge in [0.25, 0.3) is 0 Å². The van der Waals surface area contributed by atoms with Gasteiger partial charge >= 0.3 is 5.69 Å². The molecule has 1 rings (SSSR count). The zero-order valence-corrected chi connectivity index (χ0v) is 7.26. The largest absolute Gasteiger partial charge is 0.345 e. The first-order valence-corrected chi connectivity index (χ1v) is 3.61. The van der Waals surface area contributed by atoms with E-state index >= 15 is 0 Å². The van der Waals surface area contributed by atoms with Gasteiger partial charge in [0, 0.05) is 5.69 Å². The number of Topliss-reactive ketones (excluding diaryl/α,β-unsaturated/α-hetero) is 1. The van der Waals surface area contributed by atoms with E-state index in [0.717, 1.165) is 0 Å². The van der Waals surface area contributed by atoms with E-state index in [4.69, 9.17) is 0 Å². The molecule has 0 saturated carbocycles. The molecular weight excluding hydrogens is 156 g/mol. The lowest BCUT2D eigenvalue weighted by atomic mass is 10.1. The molecule has 0 aliphatic carbocycles. The van der Waals surface area contributed by atoms with Crippen LogP contribution in [0.25, 0.3) is 0 Å². The van der Waals surface area contributed by atoms with Gasteiger partial charge in [-0.3, -0.25) is 4.79 Å². The van der Waals surface area contributed by atoms with E-state index in [1.54, 1.807) is 13.8 Å². The molecule has 1 aromatic heterocycles. The molecule has 4 heteroatoms. The molecule has 0 radical (unpaired) electrons.